The van der Waals surface area contributed by atoms with Gasteiger partial charge in [0, 0.05) is 47.4 Å². The molecular weight excluding hydrogens is 329 g/mol. The molecule has 4 nitrogen and oxygen atoms in total. The number of benzene rings is 2. The Balaban J connectivity index is 1.52. The van der Waals surface area contributed by atoms with Gasteiger partial charge in [-0.25, -0.2) is 9.18 Å². The van der Waals surface area contributed by atoms with E-state index in [0.717, 1.165) is 34.3 Å². The number of nitrogens with zero attached hydrogens (tertiary/aromatic N) is 1. The van der Waals surface area contributed by atoms with Crippen molar-refractivity contribution in [2.24, 2.45) is 0 Å². The van der Waals surface area contributed by atoms with Crippen LogP contribution in [0.3, 0.4) is 0 Å². The van der Waals surface area contributed by atoms with E-state index < -0.39 is 0 Å². The Morgan fingerprint density at radius 3 is 2.69 bits per heavy atom. The van der Waals surface area contributed by atoms with Crippen molar-refractivity contribution in [2.45, 2.75) is 32.7 Å². The quantitative estimate of drug-likeness (QED) is 0.669. The summed E-state index contributed by atoms with van der Waals surface area (Å²) >= 11 is 0. The molecule has 4 rings (SSSR count). The van der Waals surface area contributed by atoms with Gasteiger partial charge in [0.15, 0.2) is 0 Å². The van der Waals surface area contributed by atoms with Gasteiger partial charge in [0.25, 0.3) is 0 Å². The Labute approximate surface area is 152 Å². The molecule has 0 spiro atoms. The second-order valence-electron chi connectivity index (χ2n) is 7.15. The predicted octanol–water partition coefficient (Wildman–Crippen LogP) is 5.02. The lowest BCUT2D eigenvalue weighted by Crippen LogP contribution is -2.38. The molecule has 1 aromatic heterocycles. The zero-order chi connectivity index (χ0) is 18.3. The summed E-state index contributed by atoms with van der Waals surface area (Å²) in [4.78, 5) is 17.8. The molecule has 0 unspecified atom stereocenters. The maximum atomic E-state index is 13.6. The van der Waals surface area contributed by atoms with Crippen molar-refractivity contribution in [3.8, 4) is 0 Å². The number of amides is 2. The lowest BCUT2D eigenvalue weighted by Gasteiger charge is -2.27. The number of hydrogen-bond acceptors (Lipinski definition) is 1. The molecule has 2 heterocycles. The molecule has 5 heteroatoms. The van der Waals surface area contributed by atoms with Crippen LogP contribution in [0.2, 0.25) is 0 Å². The Morgan fingerprint density at radius 1 is 1.19 bits per heavy atom. The normalized spacial score (nSPS) is 13.9. The molecule has 2 aromatic carbocycles. The number of aromatic amines is 1. The number of carbonyl (C=O) groups excluding carboxylic acids is 1. The number of H-pyrrole nitrogens is 1. The average molecular weight is 351 g/mol. The van der Waals surface area contributed by atoms with E-state index in [1.165, 1.54) is 17.7 Å². The van der Waals surface area contributed by atoms with Crippen LogP contribution in [-0.4, -0.2) is 22.5 Å². The number of fused-ring (bicyclic) bond motifs is 3. The molecule has 0 saturated carbocycles. The Morgan fingerprint density at radius 2 is 1.96 bits per heavy atom. The lowest BCUT2D eigenvalue weighted by atomic mass is 10.0. The maximum absolute atomic E-state index is 13.6. The van der Waals surface area contributed by atoms with Crippen LogP contribution in [0.4, 0.5) is 14.9 Å². The van der Waals surface area contributed by atoms with Gasteiger partial charge in [-0.1, -0.05) is 26.0 Å². The van der Waals surface area contributed by atoms with Crippen LogP contribution in [0.15, 0.2) is 42.5 Å². The number of anilines is 1. The van der Waals surface area contributed by atoms with Crippen LogP contribution in [0, 0.1) is 5.82 Å². The van der Waals surface area contributed by atoms with Gasteiger partial charge in [0.2, 0.25) is 0 Å². The lowest BCUT2D eigenvalue weighted by molar-refractivity contribution is 0.206. The van der Waals surface area contributed by atoms with Gasteiger partial charge >= 0.3 is 6.03 Å². The highest BCUT2D eigenvalue weighted by atomic mass is 19.1. The standard InChI is InChI=1S/C21H22FN3O/c1-13(2)14-3-6-16(7-4-14)23-21(26)25-10-9-20-18(12-25)17-11-15(22)5-8-19(17)24-20/h3-8,11,13,24H,9-10,12H2,1-2H3,(H,23,26). The minimum absolute atomic E-state index is 0.126. The zero-order valence-corrected chi connectivity index (χ0v) is 15.0. The van der Waals surface area contributed by atoms with Crippen LogP contribution in [0.5, 0.6) is 0 Å². The number of carbonyl (C=O) groups is 1. The molecule has 0 bridgehead atoms. The van der Waals surface area contributed by atoms with Gasteiger partial charge < -0.3 is 15.2 Å². The molecule has 26 heavy (non-hydrogen) atoms. The SMILES string of the molecule is CC(C)c1ccc(NC(=O)N2CCc3[nH]c4ccc(F)cc4c3C2)cc1. The minimum atomic E-state index is -0.258. The van der Waals surface area contributed by atoms with E-state index >= 15 is 0 Å². The summed E-state index contributed by atoms with van der Waals surface area (Å²) in [5.74, 6) is 0.202. The molecule has 1 aliphatic rings. The number of aromatic nitrogens is 1. The second-order valence-corrected chi connectivity index (χ2v) is 7.15. The molecule has 2 amide bonds. The summed E-state index contributed by atoms with van der Waals surface area (Å²) < 4.78 is 13.6. The van der Waals surface area contributed by atoms with Gasteiger partial charge in [0.1, 0.15) is 5.82 Å². The van der Waals surface area contributed by atoms with Crippen molar-refractivity contribution in [3.63, 3.8) is 0 Å². The molecular formula is C21H22FN3O. The number of urea groups is 1. The first-order valence-electron chi connectivity index (χ1n) is 8.96. The molecule has 134 valence electrons. The summed E-state index contributed by atoms with van der Waals surface area (Å²) in [6, 6.07) is 12.6. The Bertz CT molecular complexity index is 959. The summed E-state index contributed by atoms with van der Waals surface area (Å²) in [7, 11) is 0. The van der Waals surface area contributed by atoms with Crippen LogP contribution in [0.25, 0.3) is 10.9 Å². The molecule has 2 N–H and O–H groups in total. The summed E-state index contributed by atoms with van der Waals surface area (Å²) in [6.07, 6.45) is 0.741. The largest absolute Gasteiger partial charge is 0.358 e. The smallest absolute Gasteiger partial charge is 0.322 e. The monoisotopic (exact) mass is 351 g/mol. The van der Waals surface area contributed by atoms with E-state index in [4.69, 9.17) is 0 Å². The van der Waals surface area contributed by atoms with Crippen molar-refractivity contribution in [2.75, 3.05) is 11.9 Å². The highest BCUT2D eigenvalue weighted by molar-refractivity contribution is 5.91. The predicted molar refractivity (Wildman–Crippen MR) is 102 cm³/mol. The van der Waals surface area contributed by atoms with Crippen LogP contribution >= 0.6 is 0 Å². The van der Waals surface area contributed by atoms with E-state index in [-0.39, 0.29) is 11.8 Å². The fraction of sp³-hybridized carbons (Fsp3) is 0.286. The van der Waals surface area contributed by atoms with E-state index in [1.54, 1.807) is 11.0 Å². The van der Waals surface area contributed by atoms with E-state index in [9.17, 15) is 9.18 Å². The van der Waals surface area contributed by atoms with E-state index in [1.807, 2.05) is 24.3 Å². The fourth-order valence-corrected chi connectivity index (χ4v) is 3.51. The number of nitrogens with one attached hydrogen (secondary N) is 2. The van der Waals surface area contributed by atoms with Crippen molar-refractivity contribution in [1.29, 1.82) is 0 Å². The Kier molecular flexibility index (Phi) is 4.15. The van der Waals surface area contributed by atoms with Gasteiger partial charge in [0.05, 0.1) is 0 Å². The number of rotatable bonds is 2. The van der Waals surface area contributed by atoms with E-state index in [2.05, 4.69) is 24.1 Å². The number of halogens is 1. The van der Waals surface area contributed by atoms with Crippen LogP contribution in [-0.2, 0) is 13.0 Å². The van der Waals surface area contributed by atoms with Crippen molar-refractivity contribution in [3.05, 3.63) is 65.1 Å². The first-order valence-corrected chi connectivity index (χ1v) is 8.96. The van der Waals surface area contributed by atoms with Gasteiger partial charge in [-0.05, 0) is 41.8 Å². The van der Waals surface area contributed by atoms with Crippen molar-refractivity contribution >= 4 is 22.6 Å². The third kappa shape index (κ3) is 3.05. The fourth-order valence-electron chi connectivity index (χ4n) is 3.51. The zero-order valence-electron chi connectivity index (χ0n) is 15.0. The summed E-state index contributed by atoms with van der Waals surface area (Å²) in [5.41, 5.74) is 5.05. The van der Waals surface area contributed by atoms with Gasteiger partial charge in [-0.3, -0.25) is 0 Å². The van der Waals surface area contributed by atoms with E-state index in [0.29, 0.717) is 19.0 Å². The molecule has 0 fully saturated rings. The second kappa shape index (κ2) is 6.48. The molecule has 0 atom stereocenters. The minimum Gasteiger partial charge on any atom is -0.358 e. The summed E-state index contributed by atoms with van der Waals surface area (Å²) in [5, 5.41) is 3.82. The average Bonchev–Trinajstić information content (AvgIpc) is 2.99. The topological polar surface area (TPSA) is 48.1 Å². The molecule has 0 radical (unpaired) electrons. The van der Waals surface area contributed by atoms with Crippen molar-refractivity contribution < 1.29 is 9.18 Å². The number of hydrogen-bond donors (Lipinski definition) is 2. The third-order valence-electron chi connectivity index (χ3n) is 5.05. The van der Waals surface area contributed by atoms with Gasteiger partial charge in [-0.15, -0.1) is 0 Å². The Hall–Kier alpha value is -2.82. The van der Waals surface area contributed by atoms with Crippen LogP contribution in [0.1, 0.15) is 36.6 Å². The molecule has 3 aromatic rings. The highest BCUT2D eigenvalue weighted by Gasteiger charge is 2.24. The third-order valence-corrected chi connectivity index (χ3v) is 5.05. The first kappa shape index (κ1) is 16.6. The molecule has 0 aliphatic carbocycles. The first-order chi connectivity index (χ1) is 12.5. The summed E-state index contributed by atoms with van der Waals surface area (Å²) in [6.45, 7) is 5.40. The van der Waals surface area contributed by atoms with Crippen LogP contribution < -0.4 is 5.32 Å². The highest BCUT2D eigenvalue weighted by Crippen LogP contribution is 2.28. The molecule has 0 saturated heterocycles. The van der Waals surface area contributed by atoms with Gasteiger partial charge in [-0.2, -0.15) is 0 Å². The van der Waals surface area contributed by atoms with Crippen molar-refractivity contribution in [1.82, 2.24) is 9.88 Å². The maximum Gasteiger partial charge on any atom is 0.322 e. The molecule has 1 aliphatic heterocycles.